The second-order valence-electron chi connectivity index (χ2n) is 6.16. The van der Waals surface area contributed by atoms with Crippen LogP contribution in [0.15, 0.2) is 53.9 Å². The Morgan fingerprint density at radius 1 is 1.15 bits per heavy atom. The molecule has 2 aromatic carbocycles. The van der Waals surface area contributed by atoms with Crippen LogP contribution in [-0.2, 0) is 17.8 Å². The third-order valence-electron chi connectivity index (χ3n) is 4.09. The lowest BCUT2D eigenvalue weighted by atomic mass is 10.2. The lowest BCUT2D eigenvalue weighted by molar-refractivity contribution is -0.129. The number of aromatic nitrogens is 2. The first-order valence-corrected chi connectivity index (χ1v) is 10.1. The van der Waals surface area contributed by atoms with Crippen LogP contribution in [0.25, 0.3) is 20.8 Å². The normalized spacial score (nSPS) is 11.0. The molecular weight excluding hydrogens is 381 g/mol. The van der Waals surface area contributed by atoms with Gasteiger partial charge in [-0.1, -0.05) is 24.3 Å². The number of nitrogens with zero attached hydrogens (tertiary/aromatic N) is 3. The summed E-state index contributed by atoms with van der Waals surface area (Å²) in [5.41, 5.74) is 2.37. The minimum Gasteiger partial charge on any atom is -0.339 e. The van der Waals surface area contributed by atoms with Gasteiger partial charge in [-0.2, -0.15) is 0 Å². The van der Waals surface area contributed by atoms with Crippen LogP contribution < -0.4 is 0 Å². The predicted octanol–water partition coefficient (Wildman–Crippen LogP) is 4.76. The summed E-state index contributed by atoms with van der Waals surface area (Å²) in [6.07, 6.45) is 0.215. The summed E-state index contributed by atoms with van der Waals surface area (Å²) < 4.78 is 14.5. The molecule has 2 aromatic heterocycles. The van der Waals surface area contributed by atoms with Crippen molar-refractivity contribution >= 4 is 38.8 Å². The quantitative estimate of drug-likeness (QED) is 0.488. The van der Waals surface area contributed by atoms with Crippen molar-refractivity contribution in [3.05, 3.63) is 70.4 Å². The molecule has 4 aromatic rings. The van der Waals surface area contributed by atoms with E-state index >= 15 is 0 Å². The molecule has 0 aliphatic carbocycles. The molecule has 0 aliphatic heterocycles. The van der Waals surface area contributed by atoms with E-state index in [0.29, 0.717) is 17.2 Å². The van der Waals surface area contributed by atoms with Gasteiger partial charge in [0.15, 0.2) is 0 Å². The van der Waals surface area contributed by atoms with E-state index in [1.807, 2.05) is 35.7 Å². The third-order valence-corrected chi connectivity index (χ3v) is 6.05. The number of hydrogen-bond acceptors (Lipinski definition) is 5. The van der Waals surface area contributed by atoms with Gasteiger partial charge in [-0.05, 0) is 24.3 Å². The van der Waals surface area contributed by atoms with Crippen molar-refractivity contribution in [2.45, 2.75) is 13.0 Å². The molecule has 7 heteroatoms. The SMILES string of the molecule is CN(Cc1nc2ccccc2s1)C(=O)Cc1csc(-c2cccc(F)c2)n1. The lowest BCUT2D eigenvalue weighted by Gasteiger charge is -2.14. The molecule has 0 fully saturated rings. The molecule has 0 spiro atoms. The van der Waals surface area contributed by atoms with Gasteiger partial charge in [0.1, 0.15) is 15.8 Å². The maximum Gasteiger partial charge on any atom is 0.228 e. The van der Waals surface area contributed by atoms with E-state index in [1.54, 1.807) is 29.4 Å². The van der Waals surface area contributed by atoms with Crippen LogP contribution in [0, 0.1) is 5.82 Å². The van der Waals surface area contributed by atoms with Crippen molar-refractivity contribution in [2.24, 2.45) is 0 Å². The smallest absolute Gasteiger partial charge is 0.228 e. The number of para-hydroxylation sites is 1. The van der Waals surface area contributed by atoms with Crippen molar-refractivity contribution < 1.29 is 9.18 Å². The van der Waals surface area contributed by atoms with Gasteiger partial charge >= 0.3 is 0 Å². The highest BCUT2D eigenvalue weighted by atomic mass is 32.1. The van der Waals surface area contributed by atoms with Gasteiger partial charge in [0.05, 0.1) is 28.9 Å². The summed E-state index contributed by atoms with van der Waals surface area (Å²) in [6, 6.07) is 14.3. The van der Waals surface area contributed by atoms with Crippen LogP contribution in [0.2, 0.25) is 0 Å². The third kappa shape index (κ3) is 4.04. The van der Waals surface area contributed by atoms with Gasteiger partial charge in [-0.15, -0.1) is 22.7 Å². The van der Waals surface area contributed by atoms with Crippen LogP contribution >= 0.6 is 22.7 Å². The standard InChI is InChI=1S/C20H16FN3OS2/c1-24(11-18-23-16-7-2-3-8-17(16)27-18)19(25)10-15-12-26-20(22-15)13-5-4-6-14(21)9-13/h2-9,12H,10-11H2,1H3. The molecule has 4 rings (SSSR count). The fourth-order valence-electron chi connectivity index (χ4n) is 2.71. The van der Waals surface area contributed by atoms with Gasteiger partial charge < -0.3 is 4.90 Å². The zero-order valence-corrected chi connectivity index (χ0v) is 16.2. The van der Waals surface area contributed by atoms with Crippen molar-refractivity contribution in [3.8, 4) is 10.6 Å². The molecule has 27 heavy (non-hydrogen) atoms. The average Bonchev–Trinajstić information content (AvgIpc) is 3.28. The summed E-state index contributed by atoms with van der Waals surface area (Å²) in [5.74, 6) is -0.318. The van der Waals surface area contributed by atoms with Gasteiger partial charge in [0.2, 0.25) is 5.91 Å². The molecule has 4 nitrogen and oxygen atoms in total. The molecular formula is C20H16FN3OS2. The van der Waals surface area contributed by atoms with Crippen molar-refractivity contribution in [1.82, 2.24) is 14.9 Å². The maximum absolute atomic E-state index is 13.4. The fraction of sp³-hybridized carbons (Fsp3) is 0.150. The Hall–Kier alpha value is -2.64. The van der Waals surface area contributed by atoms with Crippen molar-refractivity contribution in [2.75, 3.05) is 7.05 Å². The largest absolute Gasteiger partial charge is 0.339 e. The number of amides is 1. The van der Waals surface area contributed by atoms with Crippen LogP contribution in [0.3, 0.4) is 0 Å². The van der Waals surface area contributed by atoms with E-state index in [-0.39, 0.29) is 18.1 Å². The summed E-state index contributed by atoms with van der Waals surface area (Å²) in [5, 5.41) is 3.47. The summed E-state index contributed by atoms with van der Waals surface area (Å²) in [6.45, 7) is 0.471. The van der Waals surface area contributed by atoms with Gasteiger partial charge in [0, 0.05) is 18.0 Å². The number of hydrogen-bond donors (Lipinski definition) is 0. The summed E-state index contributed by atoms with van der Waals surface area (Å²) in [7, 11) is 1.77. The average molecular weight is 398 g/mol. The Morgan fingerprint density at radius 3 is 2.81 bits per heavy atom. The van der Waals surface area contributed by atoms with E-state index in [2.05, 4.69) is 9.97 Å². The molecule has 0 atom stereocenters. The van der Waals surface area contributed by atoms with E-state index < -0.39 is 0 Å². The predicted molar refractivity (Wildman–Crippen MR) is 107 cm³/mol. The number of likely N-dealkylation sites (N-methyl/N-ethyl adjacent to an activating group) is 1. The fourth-order valence-corrected chi connectivity index (χ4v) is 4.55. The molecule has 136 valence electrons. The zero-order valence-electron chi connectivity index (χ0n) is 14.6. The van der Waals surface area contributed by atoms with Crippen molar-refractivity contribution in [3.63, 3.8) is 0 Å². The van der Waals surface area contributed by atoms with Crippen LogP contribution in [0.5, 0.6) is 0 Å². The Morgan fingerprint density at radius 2 is 2.00 bits per heavy atom. The second-order valence-corrected chi connectivity index (χ2v) is 8.13. The minimum atomic E-state index is -0.295. The molecule has 0 saturated heterocycles. The number of benzene rings is 2. The van der Waals surface area contributed by atoms with Gasteiger partial charge in [-0.3, -0.25) is 4.79 Å². The molecule has 0 aliphatic rings. The van der Waals surface area contributed by atoms with E-state index in [1.165, 1.54) is 23.5 Å². The number of fused-ring (bicyclic) bond motifs is 1. The summed E-state index contributed by atoms with van der Waals surface area (Å²) in [4.78, 5) is 23.3. The number of halogens is 1. The van der Waals surface area contributed by atoms with Crippen LogP contribution in [-0.4, -0.2) is 27.8 Å². The van der Waals surface area contributed by atoms with Gasteiger partial charge in [-0.25, -0.2) is 14.4 Å². The van der Waals surface area contributed by atoms with E-state index in [4.69, 9.17) is 0 Å². The van der Waals surface area contributed by atoms with Gasteiger partial charge in [0.25, 0.3) is 0 Å². The Kier molecular flexibility index (Phi) is 4.96. The first-order valence-electron chi connectivity index (χ1n) is 8.37. The Bertz CT molecular complexity index is 1070. The van der Waals surface area contributed by atoms with E-state index in [9.17, 15) is 9.18 Å². The highest BCUT2D eigenvalue weighted by Gasteiger charge is 2.15. The highest BCUT2D eigenvalue weighted by Crippen LogP contribution is 2.25. The lowest BCUT2D eigenvalue weighted by Crippen LogP contribution is -2.27. The van der Waals surface area contributed by atoms with Crippen molar-refractivity contribution in [1.29, 1.82) is 0 Å². The summed E-state index contributed by atoms with van der Waals surface area (Å²) >= 11 is 3.01. The number of thiazole rings is 2. The Balaban J connectivity index is 1.42. The zero-order chi connectivity index (χ0) is 18.8. The number of rotatable bonds is 5. The molecule has 0 radical (unpaired) electrons. The molecule has 2 heterocycles. The van der Waals surface area contributed by atoms with E-state index in [0.717, 1.165) is 20.8 Å². The highest BCUT2D eigenvalue weighted by molar-refractivity contribution is 7.18. The number of carbonyl (C=O) groups excluding carboxylic acids is 1. The topological polar surface area (TPSA) is 46.1 Å². The Labute approximate surface area is 163 Å². The number of carbonyl (C=O) groups is 1. The molecule has 0 N–H and O–H groups in total. The molecule has 0 saturated carbocycles. The monoisotopic (exact) mass is 397 g/mol. The van der Waals surface area contributed by atoms with Crippen LogP contribution in [0.1, 0.15) is 10.7 Å². The molecule has 1 amide bonds. The molecule has 0 bridgehead atoms. The first kappa shape index (κ1) is 17.8. The first-order chi connectivity index (χ1) is 13.1. The molecule has 0 unspecified atom stereocenters. The minimum absolute atomic E-state index is 0.0228. The second kappa shape index (κ2) is 7.54. The maximum atomic E-state index is 13.4. The van der Waals surface area contributed by atoms with Crippen LogP contribution in [0.4, 0.5) is 4.39 Å².